The smallest absolute Gasteiger partial charge is 0.255 e. The average Bonchev–Trinajstić information content (AvgIpc) is 3.38. The first-order valence-corrected chi connectivity index (χ1v) is 9.56. The standard InChI is InChI=1S/C23H19N5O2/c1-15-2-9-22-25-19(13-28(22)12-15)14-30-20-6-3-16(4-7-20)23(29)26-18-5-8-21-17(10-18)11-24-27-21/h2-13H,14H2,1H3,(H,24,27)(H,26,29). The fraction of sp³-hybridized carbons (Fsp3) is 0.0870. The first-order valence-electron chi connectivity index (χ1n) is 9.56. The number of rotatable bonds is 5. The van der Waals surface area contributed by atoms with E-state index in [1.54, 1.807) is 30.5 Å². The van der Waals surface area contributed by atoms with Crippen LogP contribution in [0.2, 0.25) is 0 Å². The van der Waals surface area contributed by atoms with Crippen LogP contribution in [0.25, 0.3) is 16.6 Å². The molecule has 5 aromatic rings. The second-order valence-electron chi connectivity index (χ2n) is 7.14. The van der Waals surface area contributed by atoms with Crippen molar-refractivity contribution in [3.05, 3.63) is 90.0 Å². The summed E-state index contributed by atoms with van der Waals surface area (Å²) < 4.78 is 7.81. The van der Waals surface area contributed by atoms with Gasteiger partial charge in [0.1, 0.15) is 18.0 Å². The highest BCUT2D eigenvalue weighted by Gasteiger charge is 2.08. The number of benzene rings is 2. The lowest BCUT2D eigenvalue weighted by Crippen LogP contribution is -2.11. The number of ether oxygens (including phenoxy) is 1. The van der Waals surface area contributed by atoms with Gasteiger partial charge in [0.2, 0.25) is 0 Å². The first-order chi connectivity index (χ1) is 14.6. The monoisotopic (exact) mass is 397 g/mol. The summed E-state index contributed by atoms with van der Waals surface area (Å²) in [5.41, 5.74) is 5.10. The first kappa shape index (κ1) is 17.9. The third-order valence-electron chi connectivity index (χ3n) is 4.85. The van der Waals surface area contributed by atoms with Gasteiger partial charge in [-0.15, -0.1) is 0 Å². The van der Waals surface area contributed by atoms with Gasteiger partial charge < -0.3 is 14.5 Å². The predicted octanol–water partition coefficient (Wildman–Crippen LogP) is 4.35. The highest BCUT2D eigenvalue weighted by Crippen LogP contribution is 2.19. The largest absolute Gasteiger partial charge is 0.487 e. The SMILES string of the molecule is Cc1ccc2nc(COc3ccc(C(=O)Nc4ccc5[nH]ncc5c4)cc3)cn2c1. The van der Waals surface area contributed by atoms with Crippen LogP contribution in [0, 0.1) is 6.92 Å². The Kier molecular flexibility index (Phi) is 4.40. The molecular formula is C23H19N5O2. The molecule has 0 saturated carbocycles. The summed E-state index contributed by atoms with van der Waals surface area (Å²) in [5.74, 6) is 0.500. The molecule has 0 atom stereocenters. The number of fused-ring (bicyclic) bond motifs is 2. The van der Waals surface area contributed by atoms with Crippen LogP contribution in [-0.2, 0) is 6.61 Å². The summed E-state index contributed by atoms with van der Waals surface area (Å²) in [6.45, 7) is 2.40. The molecule has 0 aliphatic heterocycles. The zero-order valence-electron chi connectivity index (χ0n) is 16.3. The van der Waals surface area contributed by atoms with Crippen LogP contribution in [0.15, 0.2) is 73.2 Å². The van der Waals surface area contributed by atoms with Crippen LogP contribution in [0.4, 0.5) is 5.69 Å². The average molecular weight is 397 g/mol. The number of nitrogens with zero attached hydrogens (tertiary/aromatic N) is 3. The lowest BCUT2D eigenvalue weighted by molar-refractivity contribution is 0.102. The van der Waals surface area contributed by atoms with Gasteiger partial charge in [-0.2, -0.15) is 5.10 Å². The summed E-state index contributed by atoms with van der Waals surface area (Å²) in [4.78, 5) is 17.1. The van der Waals surface area contributed by atoms with Crippen molar-refractivity contribution in [2.45, 2.75) is 13.5 Å². The predicted molar refractivity (Wildman–Crippen MR) is 115 cm³/mol. The third kappa shape index (κ3) is 3.60. The van der Waals surface area contributed by atoms with Crippen LogP contribution in [0.5, 0.6) is 5.75 Å². The summed E-state index contributed by atoms with van der Waals surface area (Å²) >= 11 is 0. The fourth-order valence-corrected chi connectivity index (χ4v) is 3.31. The molecular weight excluding hydrogens is 378 g/mol. The maximum absolute atomic E-state index is 12.5. The molecule has 5 rings (SSSR count). The van der Waals surface area contributed by atoms with Crippen molar-refractivity contribution in [3.8, 4) is 5.75 Å². The van der Waals surface area contributed by atoms with Gasteiger partial charge in [0, 0.05) is 29.0 Å². The van der Waals surface area contributed by atoms with Gasteiger partial charge in [-0.05, 0) is 61.0 Å². The topological polar surface area (TPSA) is 84.3 Å². The molecule has 0 aliphatic carbocycles. The van der Waals surface area contributed by atoms with E-state index >= 15 is 0 Å². The molecule has 0 bridgehead atoms. The number of pyridine rings is 1. The summed E-state index contributed by atoms with van der Waals surface area (Å²) in [6.07, 6.45) is 5.71. The summed E-state index contributed by atoms with van der Waals surface area (Å²) in [5, 5.41) is 10.7. The molecule has 0 saturated heterocycles. The molecule has 0 spiro atoms. The number of imidazole rings is 1. The Morgan fingerprint density at radius 3 is 2.83 bits per heavy atom. The number of amides is 1. The lowest BCUT2D eigenvalue weighted by Gasteiger charge is -2.07. The van der Waals surface area contributed by atoms with E-state index in [-0.39, 0.29) is 5.91 Å². The van der Waals surface area contributed by atoms with E-state index in [9.17, 15) is 4.79 Å². The Bertz CT molecular complexity index is 1350. The van der Waals surface area contributed by atoms with Crippen LogP contribution < -0.4 is 10.1 Å². The molecule has 148 valence electrons. The van der Waals surface area contributed by atoms with E-state index in [0.29, 0.717) is 17.9 Å². The van der Waals surface area contributed by atoms with Crippen LogP contribution >= 0.6 is 0 Å². The Balaban J connectivity index is 1.23. The van der Waals surface area contributed by atoms with Crippen molar-refractivity contribution in [1.82, 2.24) is 19.6 Å². The third-order valence-corrected chi connectivity index (χ3v) is 4.85. The Hall–Kier alpha value is -4.13. The van der Waals surface area contributed by atoms with E-state index in [1.165, 1.54) is 5.56 Å². The number of aromatic nitrogens is 4. The summed E-state index contributed by atoms with van der Waals surface area (Å²) in [7, 11) is 0. The second kappa shape index (κ2) is 7.36. The fourth-order valence-electron chi connectivity index (χ4n) is 3.31. The number of nitrogens with one attached hydrogen (secondary N) is 2. The molecule has 7 nitrogen and oxygen atoms in total. The van der Waals surface area contributed by atoms with Gasteiger partial charge in [-0.25, -0.2) is 4.98 Å². The second-order valence-corrected chi connectivity index (χ2v) is 7.14. The van der Waals surface area contributed by atoms with Gasteiger partial charge >= 0.3 is 0 Å². The number of carbonyl (C=O) groups is 1. The van der Waals surface area contributed by atoms with Gasteiger partial charge in [0.05, 0.1) is 17.4 Å². The number of anilines is 1. The quantitative estimate of drug-likeness (QED) is 0.462. The molecule has 0 unspecified atom stereocenters. The number of hydrogen-bond acceptors (Lipinski definition) is 4. The van der Waals surface area contributed by atoms with E-state index in [1.807, 2.05) is 54.0 Å². The molecule has 2 aromatic carbocycles. The molecule has 0 aliphatic rings. The van der Waals surface area contributed by atoms with Gasteiger partial charge in [0.25, 0.3) is 5.91 Å². The highest BCUT2D eigenvalue weighted by molar-refractivity contribution is 6.05. The molecule has 3 heterocycles. The van der Waals surface area contributed by atoms with Gasteiger partial charge in [-0.1, -0.05) is 6.07 Å². The maximum atomic E-state index is 12.5. The zero-order chi connectivity index (χ0) is 20.5. The van der Waals surface area contributed by atoms with Crippen LogP contribution in [0.1, 0.15) is 21.6 Å². The minimum atomic E-state index is -0.180. The van der Waals surface area contributed by atoms with Crippen molar-refractivity contribution in [2.75, 3.05) is 5.32 Å². The highest BCUT2D eigenvalue weighted by atomic mass is 16.5. The molecule has 30 heavy (non-hydrogen) atoms. The number of aromatic amines is 1. The van der Waals surface area contributed by atoms with E-state index in [2.05, 4.69) is 20.5 Å². The van der Waals surface area contributed by atoms with Crippen LogP contribution in [0.3, 0.4) is 0 Å². The Morgan fingerprint density at radius 1 is 1.10 bits per heavy atom. The van der Waals surface area contributed by atoms with Gasteiger partial charge in [0.15, 0.2) is 0 Å². The zero-order valence-corrected chi connectivity index (χ0v) is 16.3. The number of H-pyrrole nitrogens is 1. The Labute approximate surface area is 172 Å². The lowest BCUT2D eigenvalue weighted by atomic mass is 10.2. The molecule has 2 N–H and O–H groups in total. The number of hydrogen-bond donors (Lipinski definition) is 2. The van der Waals surface area contributed by atoms with E-state index < -0.39 is 0 Å². The van der Waals surface area contributed by atoms with Crippen molar-refractivity contribution in [1.29, 1.82) is 0 Å². The maximum Gasteiger partial charge on any atom is 0.255 e. The van der Waals surface area contributed by atoms with Crippen molar-refractivity contribution < 1.29 is 9.53 Å². The molecule has 3 aromatic heterocycles. The van der Waals surface area contributed by atoms with Crippen molar-refractivity contribution >= 4 is 28.1 Å². The molecule has 0 radical (unpaired) electrons. The number of carbonyl (C=O) groups excluding carboxylic acids is 1. The van der Waals surface area contributed by atoms with E-state index in [4.69, 9.17) is 4.74 Å². The van der Waals surface area contributed by atoms with E-state index in [0.717, 1.165) is 27.9 Å². The minimum absolute atomic E-state index is 0.180. The van der Waals surface area contributed by atoms with Crippen LogP contribution in [-0.4, -0.2) is 25.5 Å². The Morgan fingerprint density at radius 2 is 1.97 bits per heavy atom. The van der Waals surface area contributed by atoms with Gasteiger partial charge in [-0.3, -0.25) is 9.89 Å². The molecule has 1 amide bonds. The van der Waals surface area contributed by atoms with Crippen molar-refractivity contribution in [3.63, 3.8) is 0 Å². The minimum Gasteiger partial charge on any atom is -0.487 e. The number of aryl methyl sites for hydroxylation is 1. The summed E-state index contributed by atoms with van der Waals surface area (Å²) in [6, 6.07) is 16.7. The molecule has 7 heteroatoms. The normalized spacial score (nSPS) is 11.1. The molecule has 0 fully saturated rings. The van der Waals surface area contributed by atoms with Crippen molar-refractivity contribution in [2.24, 2.45) is 0 Å².